The second-order valence-corrected chi connectivity index (χ2v) is 6.21. The molecule has 112 valence electrons. The number of aromatic nitrogens is 2. The molecule has 2 aromatic heterocycles. The first-order chi connectivity index (χ1) is 10.6. The molecule has 0 spiro atoms. The molecule has 0 fully saturated rings. The molecule has 0 radical (unpaired) electrons. The third-order valence-electron chi connectivity index (χ3n) is 3.14. The smallest absolute Gasteiger partial charge is 0.274 e. The predicted molar refractivity (Wildman–Crippen MR) is 90.9 cm³/mol. The lowest BCUT2D eigenvalue weighted by Gasteiger charge is -2.03. The van der Waals surface area contributed by atoms with Gasteiger partial charge in [0, 0.05) is 18.0 Å². The quantitative estimate of drug-likeness (QED) is 0.742. The fraction of sp³-hybridized carbons (Fsp3) is 0.0667. The zero-order valence-corrected chi connectivity index (χ0v) is 13.8. The van der Waals surface area contributed by atoms with Crippen LogP contribution in [0.5, 0.6) is 0 Å². The largest absolute Gasteiger partial charge is 0.329 e. The Morgan fingerprint density at radius 3 is 2.64 bits per heavy atom. The molecule has 7 heteroatoms. The molecule has 3 aromatic rings. The molecule has 1 aromatic carbocycles. The Balaban J connectivity index is 1.80. The summed E-state index contributed by atoms with van der Waals surface area (Å²) in [6.07, 6.45) is 0. The van der Waals surface area contributed by atoms with Crippen LogP contribution in [0.1, 0.15) is 10.5 Å². The van der Waals surface area contributed by atoms with Gasteiger partial charge in [-0.25, -0.2) is 4.98 Å². The van der Waals surface area contributed by atoms with Gasteiger partial charge in [-0.15, -0.1) is 11.3 Å². The Labute approximate surface area is 141 Å². The van der Waals surface area contributed by atoms with E-state index in [2.05, 4.69) is 10.3 Å². The third kappa shape index (κ3) is 2.88. The van der Waals surface area contributed by atoms with Crippen molar-refractivity contribution in [1.82, 2.24) is 9.55 Å². The van der Waals surface area contributed by atoms with Crippen molar-refractivity contribution < 1.29 is 4.79 Å². The Bertz CT molecular complexity index is 827. The summed E-state index contributed by atoms with van der Waals surface area (Å²) in [5.74, 6) is -0.301. The van der Waals surface area contributed by atoms with Gasteiger partial charge in [0.2, 0.25) is 0 Å². The summed E-state index contributed by atoms with van der Waals surface area (Å²) in [6, 6.07) is 11.3. The Morgan fingerprint density at radius 1 is 1.27 bits per heavy atom. The highest BCUT2D eigenvalue weighted by molar-refractivity contribution is 7.14. The lowest BCUT2D eigenvalue weighted by atomic mass is 10.2. The molecule has 4 nitrogen and oxygen atoms in total. The fourth-order valence-corrected chi connectivity index (χ4v) is 3.08. The average Bonchev–Trinajstić information content (AvgIpc) is 3.09. The summed E-state index contributed by atoms with van der Waals surface area (Å²) < 4.78 is 1.53. The monoisotopic (exact) mass is 351 g/mol. The first-order valence-electron chi connectivity index (χ1n) is 6.39. The van der Waals surface area contributed by atoms with Crippen molar-refractivity contribution >= 4 is 45.6 Å². The minimum atomic E-state index is -0.301. The minimum Gasteiger partial charge on any atom is -0.329 e. The van der Waals surface area contributed by atoms with Crippen LogP contribution < -0.4 is 5.32 Å². The summed E-state index contributed by atoms with van der Waals surface area (Å²) in [5.41, 5.74) is 2.21. The molecule has 0 aliphatic heterocycles. The molecule has 22 heavy (non-hydrogen) atoms. The fourth-order valence-electron chi connectivity index (χ4n) is 1.99. The zero-order valence-electron chi connectivity index (χ0n) is 11.5. The number of hydrogen-bond donors (Lipinski definition) is 1. The van der Waals surface area contributed by atoms with Crippen molar-refractivity contribution in [2.24, 2.45) is 7.05 Å². The Hall–Kier alpha value is -1.82. The minimum absolute atomic E-state index is 0.301. The Kier molecular flexibility index (Phi) is 4.20. The van der Waals surface area contributed by atoms with Crippen LogP contribution in [0.15, 0.2) is 41.8 Å². The van der Waals surface area contributed by atoms with Crippen molar-refractivity contribution in [3.8, 4) is 11.3 Å². The van der Waals surface area contributed by atoms with Gasteiger partial charge in [-0.3, -0.25) is 10.1 Å². The topological polar surface area (TPSA) is 46.9 Å². The van der Waals surface area contributed by atoms with Crippen LogP contribution >= 0.6 is 34.5 Å². The van der Waals surface area contributed by atoms with Crippen molar-refractivity contribution in [2.45, 2.75) is 0 Å². The predicted octanol–water partition coefficient (Wildman–Crippen LogP) is 4.71. The van der Waals surface area contributed by atoms with Gasteiger partial charge >= 0.3 is 0 Å². The zero-order chi connectivity index (χ0) is 15.7. The molecule has 0 aliphatic rings. The number of halogens is 2. The average molecular weight is 352 g/mol. The number of nitrogens with zero attached hydrogens (tertiary/aromatic N) is 2. The number of hydrogen-bond acceptors (Lipinski definition) is 3. The van der Waals surface area contributed by atoms with Gasteiger partial charge in [0.05, 0.1) is 10.7 Å². The van der Waals surface area contributed by atoms with Crippen LogP contribution in [-0.2, 0) is 7.05 Å². The summed E-state index contributed by atoms with van der Waals surface area (Å²) in [7, 11) is 1.68. The molecule has 0 unspecified atom stereocenters. The summed E-state index contributed by atoms with van der Waals surface area (Å²) >= 11 is 13.3. The van der Waals surface area contributed by atoms with E-state index in [1.54, 1.807) is 7.05 Å². The van der Waals surface area contributed by atoms with Gasteiger partial charge in [0.1, 0.15) is 10.8 Å². The number of carbonyl (C=O) groups excluding carboxylic acids is 1. The number of thiazole rings is 1. The maximum absolute atomic E-state index is 12.3. The number of amides is 1. The number of carbonyl (C=O) groups is 1. The van der Waals surface area contributed by atoms with Crippen LogP contribution in [0.25, 0.3) is 11.3 Å². The van der Waals surface area contributed by atoms with Crippen LogP contribution in [0.3, 0.4) is 0 Å². The SMILES string of the molecule is Cn1c(C(=O)Nc2nc(-c3ccccc3)cs2)cc(Cl)c1Cl. The number of anilines is 1. The summed E-state index contributed by atoms with van der Waals surface area (Å²) in [6.45, 7) is 0. The van der Waals surface area contributed by atoms with Crippen LogP contribution in [0, 0.1) is 0 Å². The van der Waals surface area contributed by atoms with Gasteiger partial charge < -0.3 is 4.57 Å². The van der Waals surface area contributed by atoms with E-state index in [0.717, 1.165) is 11.3 Å². The van der Waals surface area contributed by atoms with Crippen molar-refractivity contribution in [2.75, 3.05) is 5.32 Å². The molecule has 0 atom stereocenters. The van der Waals surface area contributed by atoms with Crippen molar-refractivity contribution in [3.63, 3.8) is 0 Å². The molecule has 1 amide bonds. The highest BCUT2D eigenvalue weighted by Gasteiger charge is 2.17. The molecular weight excluding hydrogens is 341 g/mol. The highest BCUT2D eigenvalue weighted by Crippen LogP contribution is 2.27. The van der Waals surface area contributed by atoms with E-state index >= 15 is 0 Å². The lowest BCUT2D eigenvalue weighted by molar-refractivity contribution is 0.101. The van der Waals surface area contributed by atoms with Crippen LogP contribution in [-0.4, -0.2) is 15.5 Å². The maximum atomic E-state index is 12.3. The number of nitrogens with one attached hydrogen (secondary N) is 1. The second-order valence-electron chi connectivity index (χ2n) is 4.59. The molecule has 2 heterocycles. The normalized spacial score (nSPS) is 10.7. The standard InChI is InChI=1S/C15H11Cl2N3OS/c1-20-12(7-10(16)13(20)17)14(21)19-15-18-11(8-22-15)9-5-3-2-4-6-9/h2-8H,1H3,(H,18,19,21). The van der Waals surface area contributed by atoms with Gasteiger partial charge in [-0.05, 0) is 6.07 Å². The molecule has 0 saturated carbocycles. The number of rotatable bonds is 3. The van der Waals surface area contributed by atoms with E-state index in [4.69, 9.17) is 23.2 Å². The van der Waals surface area contributed by atoms with E-state index in [-0.39, 0.29) is 5.91 Å². The van der Waals surface area contributed by atoms with E-state index in [1.165, 1.54) is 22.0 Å². The van der Waals surface area contributed by atoms with Gasteiger partial charge in [-0.2, -0.15) is 0 Å². The van der Waals surface area contributed by atoms with Crippen LogP contribution in [0.4, 0.5) is 5.13 Å². The van der Waals surface area contributed by atoms with Gasteiger partial charge in [0.25, 0.3) is 5.91 Å². The maximum Gasteiger partial charge on any atom is 0.274 e. The first-order valence-corrected chi connectivity index (χ1v) is 8.03. The van der Waals surface area contributed by atoms with E-state index in [9.17, 15) is 4.79 Å². The van der Waals surface area contributed by atoms with E-state index in [1.807, 2.05) is 35.7 Å². The molecular formula is C15H11Cl2N3OS. The van der Waals surface area contributed by atoms with Crippen molar-refractivity contribution in [1.29, 1.82) is 0 Å². The van der Waals surface area contributed by atoms with Gasteiger partial charge in [0.15, 0.2) is 5.13 Å². The molecule has 0 bridgehead atoms. The van der Waals surface area contributed by atoms with E-state index in [0.29, 0.717) is 21.0 Å². The highest BCUT2D eigenvalue weighted by atomic mass is 35.5. The first kappa shape index (κ1) is 15.1. The van der Waals surface area contributed by atoms with E-state index < -0.39 is 0 Å². The van der Waals surface area contributed by atoms with Gasteiger partial charge in [-0.1, -0.05) is 53.5 Å². The summed E-state index contributed by atoms with van der Waals surface area (Å²) in [4.78, 5) is 16.7. The van der Waals surface area contributed by atoms with Crippen molar-refractivity contribution in [3.05, 3.63) is 57.6 Å². The molecule has 3 rings (SSSR count). The second kappa shape index (κ2) is 6.12. The number of benzene rings is 1. The summed E-state index contributed by atoms with van der Waals surface area (Å²) in [5, 5.41) is 5.86. The van der Waals surface area contributed by atoms with Crippen LogP contribution in [0.2, 0.25) is 10.2 Å². The molecule has 0 aliphatic carbocycles. The third-order valence-corrected chi connectivity index (χ3v) is 4.74. The Morgan fingerprint density at radius 2 is 2.00 bits per heavy atom. The molecule has 1 N–H and O–H groups in total. The lowest BCUT2D eigenvalue weighted by Crippen LogP contribution is -2.15. The molecule has 0 saturated heterocycles.